The Kier molecular flexibility index (Phi) is 3.74. The number of hydrogen-bond acceptors (Lipinski definition) is 5. The summed E-state index contributed by atoms with van der Waals surface area (Å²) in [5, 5.41) is 0. The quantitative estimate of drug-likeness (QED) is 0.789. The highest BCUT2D eigenvalue weighted by atomic mass is 16.5. The molecule has 2 aromatic carbocycles. The molecule has 142 valence electrons. The zero-order valence-corrected chi connectivity index (χ0v) is 15.7. The predicted molar refractivity (Wildman–Crippen MR) is 106 cm³/mol. The second kappa shape index (κ2) is 6.21. The van der Waals surface area contributed by atoms with Gasteiger partial charge in [-0.3, -0.25) is 19.2 Å². The molecule has 5 nitrogen and oxygen atoms in total. The molecule has 0 fully saturated rings. The standard InChI is InChI=1S/C24H16O5/c1-2-29-20-11-15-17(26)8-10-19(28)23(15)24-14(20)6-4-12-3-5-13-16(25)7-9-18(27)22(13)21(12)24/h3,5,7-11H,2,4,6H2,1H3. The second-order valence-electron chi connectivity index (χ2n) is 7.23. The first kappa shape index (κ1) is 17.5. The van der Waals surface area contributed by atoms with Crippen molar-refractivity contribution in [2.45, 2.75) is 19.8 Å². The Morgan fingerprint density at radius 1 is 0.724 bits per heavy atom. The van der Waals surface area contributed by atoms with E-state index in [9.17, 15) is 19.2 Å². The number of carbonyl (C=O) groups is 4. The maximum Gasteiger partial charge on any atom is 0.187 e. The molecule has 0 atom stereocenters. The highest BCUT2D eigenvalue weighted by Crippen LogP contribution is 2.46. The summed E-state index contributed by atoms with van der Waals surface area (Å²) in [4.78, 5) is 50.6. The number of fused-ring (bicyclic) bond motifs is 7. The smallest absolute Gasteiger partial charge is 0.187 e. The highest BCUT2D eigenvalue weighted by Gasteiger charge is 2.35. The Hall–Kier alpha value is -3.60. The molecule has 0 bridgehead atoms. The molecule has 0 spiro atoms. The zero-order valence-electron chi connectivity index (χ0n) is 15.7. The minimum absolute atomic E-state index is 0.244. The van der Waals surface area contributed by atoms with Gasteiger partial charge in [0.15, 0.2) is 23.1 Å². The third-order valence-electron chi connectivity index (χ3n) is 5.68. The summed E-state index contributed by atoms with van der Waals surface area (Å²) in [5.41, 5.74) is 4.03. The molecule has 0 radical (unpaired) electrons. The second-order valence-corrected chi connectivity index (χ2v) is 7.23. The summed E-state index contributed by atoms with van der Waals surface area (Å²) in [6, 6.07) is 5.15. The van der Waals surface area contributed by atoms with E-state index in [4.69, 9.17) is 4.74 Å². The molecule has 3 aliphatic rings. The molecule has 0 N–H and O–H groups in total. The molecule has 0 amide bonds. The van der Waals surface area contributed by atoms with Gasteiger partial charge in [-0.25, -0.2) is 0 Å². The number of allylic oxidation sites excluding steroid dienone is 4. The molecule has 0 aromatic heterocycles. The number of ketones is 4. The highest BCUT2D eigenvalue weighted by molar-refractivity contribution is 6.28. The van der Waals surface area contributed by atoms with Crippen LogP contribution in [0.15, 0.2) is 42.5 Å². The van der Waals surface area contributed by atoms with Crippen LogP contribution in [0.4, 0.5) is 0 Å². The molecule has 5 heteroatoms. The fourth-order valence-electron chi connectivity index (χ4n) is 4.47. The monoisotopic (exact) mass is 384 g/mol. The van der Waals surface area contributed by atoms with E-state index in [1.807, 2.05) is 13.0 Å². The maximum absolute atomic E-state index is 12.9. The van der Waals surface area contributed by atoms with Crippen LogP contribution in [0.3, 0.4) is 0 Å². The first-order valence-corrected chi connectivity index (χ1v) is 9.53. The first-order chi connectivity index (χ1) is 14.0. The summed E-state index contributed by atoms with van der Waals surface area (Å²) >= 11 is 0. The van der Waals surface area contributed by atoms with Crippen LogP contribution in [0.1, 0.15) is 59.5 Å². The van der Waals surface area contributed by atoms with Crippen molar-refractivity contribution in [3.63, 3.8) is 0 Å². The third-order valence-corrected chi connectivity index (χ3v) is 5.68. The minimum Gasteiger partial charge on any atom is -0.494 e. The van der Waals surface area contributed by atoms with Gasteiger partial charge in [-0.15, -0.1) is 0 Å². The van der Waals surface area contributed by atoms with Gasteiger partial charge in [0.2, 0.25) is 0 Å². The number of aryl methyl sites for hydroxylation is 1. The van der Waals surface area contributed by atoms with Gasteiger partial charge in [0.1, 0.15) is 5.75 Å². The van der Waals surface area contributed by atoms with Gasteiger partial charge in [0.25, 0.3) is 0 Å². The molecule has 0 unspecified atom stereocenters. The molecule has 0 heterocycles. The Morgan fingerprint density at radius 2 is 1.34 bits per heavy atom. The van der Waals surface area contributed by atoms with Crippen LogP contribution in [0, 0.1) is 0 Å². The van der Waals surface area contributed by atoms with Gasteiger partial charge in [-0.05, 0) is 67.3 Å². The summed E-state index contributed by atoms with van der Waals surface area (Å²) < 4.78 is 5.81. The minimum atomic E-state index is -0.283. The number of benzene rings is 2. The van der Waals surface area contributed by atoms with Crippen LogP contribution >= 0.6 is 0 Å². The first-order valence-electron chi connectivity index (χ1n) is 9.53. The number of rotatable bonds is 2. The number of hydrogen-bond donors (Lipinski definition) is 0. The van der Waals surface area contributed by atoms with Gasteiger partial charge < -0.3 is 4.74 Å². The fourth-order valence-corrected chi connectivity index (χ4v) is 4.47. The van der Waals surface area contributed by atoms with Crippen molar-refractivity contribution in [3.05, 3.63) is 75.9 Å². The molecule has 0 saturated carbocycles. The molecular weight excluding hydrogens is 368 g/mol. The van der Waals surface area contributed by atoms with Crippen LogP contribution in [-0.4, -0.2) is 29.7 Å². The van der Waals surface area contributed by atoms with Crippen molar-refractivity contribution >= 4 is 23.1 Å². The van der Waals surface area contributed by atoms with Crippen molar-refractivity contribution < 1.29 is 23.9 Å². The largest absolute Gasteiger partial charge is 0.494 e. The van der Waals surface area contributed by atoms with Gasteiger partial charge >= 0.3 is 0 Å². The molecular formula is C24H16O5. The van der Waals surface area contributed by atoms with E-state index in [1.54, 1.807) is 12.1 Å². The van der Waals surface area contributed by atoms with Crippen LogP contribution in [0.2, 0.25) is 0 Å². The molecule has 5 rings (SSSR count). The summed E-state index contributed by atoms with van der Waals surface area (Å²) in [6.45, 7) is 2.26. The van der Waals surface area contributed by atoms with Crippen LogP contribution < -0.4 is 4.74 Å². The maximum atomic E-state index is 12.9. The van der Waals surface area contributed by atoms with E-state index in [0.717, 1.165) is 11.1 Å². The Balaban J connectivity index is 1.94. The van der Waals surface area contributed by atoms with Gasteiger partial charge in [0.05, 0.1) is 6.61 Å². The van der Waals surface area contributed by atoms with E-state index in [0.29, 0.717) is 53.0 Å². The average molecular weight is 384 g/mol. The van der Waals surface area contributed by atoms with Crippen molar-refractivity contribution in [3.8, 4) is 16.9 Å². The zero-order chi connectivity index (χ0) is 20.3. The summed E-state index contributed by atoms with van der Waals surface area (Å²) in [6.07, 6.45) is 6.33. The Labute approximate surface area is 166 Å². The van der Waals surface area contributed by atoms with Crippen molar-refractivity contribution in [1.82, 2.24) is 0 Å². The Bertz CT molecular complexity index is 1230. The van der Waals surface area contributed by atoms with E-state index in [1.165, 1.54) is 24.3 Å². The van der Waals surface area contributed by atoms with E-state index in [-0.39, 0.29) is 28.7 Å². The number of ether oxygens (including phenoxy) is 1. The topological polar surface area (TPSA) is 77.5 Å². The lowest BCUT2D eigenvalue weighted by atomic mass is 9.74. The lowest BCUT2D eigenvalue weighted by Gasteiger charge is -2.29. The molecule has 2 aromatic rings. The fraction of sp³-hybridized carbons (Fsp3) is 0.167. The SMILES string of the molecule is CCOc1cc2c(c3c1CCc1ccc4c(c1-3)C(=O)C=CC4=O)C(=O)C=CC2=O. The molecule has 29 heavy (non-hydrogen) atoms. The third kappa shape index (κ3) is 2.40. The van der Waals surface area contributed by atoms with Gasteiger partial charge in [0, 0.05) is 33.4 Å². The molecule has 0 aliphatic heterocycles. The normalized spacial score (nSPS) is 16.3. The van der Waals surface area contributed by atoms with Gasteiger partial charge in [-0.2, -0.15) is 0 Å². The van der Waals surface area contributed by atoms with Gasteiger partial charge in [-0.1, -0.05) is 6.07 Å². The lowest BCUT2D eigenvalue weighted by molar-refractivity contribution is 0.0992. The van der Waals surface area contributed by atoms with E-state index < -0.39 is 0 Å². The van der Waals surface area contributed by atoms with Crippen molar-refractivity contribution in [2.75, 3.05) is 6.61 Å². The van der Waals surface area contributed by atoms with Crippen molar-refractivity contribution in [2.24, 2.45) is 0 Å². The average Bonchev–Trinajstić information content (AvgIpc) is 2.72. The van der Waals surface area contributed by atoms with Crippen LogP contribution in [0.5, 0.6) is 5.75 Å². The van der Waals surface area contributed by atoms with E-state index >= 15 is 0 Å². The van der Waals surface area contributed by atoms with Crippen LogP contribution in [0.25, 0.3) is 11.1 Å². The summed E-state index contributed by atoms with van der Waals surface area (Å²) in [7, 11) is 0. The molecule has 3 aliphatic carbocycles. The van der Waals surface area contributed by atoms with Crippen LogP contribution in [-0.2, 0) is 12.8 Å². The number of carbonyl (C=O) groups excluding carboxylic acids is 4. The lowest BCUT2D eigenvalue weighted by Crippen LogP contribution is -2.22. The Morgan fingerprint density at radius 3 is 2.03 bits per heavy atom. The summed E-state index contributed by atoms with van der Waals surface area (Å²) in [5.74, 6) is -0.528. The predicted octanol–water partition coefficient (Wildman–Crippen LogP) is 3.72. The van der Waals surface area contributed by atoms with Crippen molar-refractivity contribution in [1.29, 1.82) is 0 Å². The van der Waals surface area contributed by atoms with E-state index in [2.05, 4.69) is 0 Å². The molecule has 0 saturated heterocycles.